The highest BCUT2D eigenvalue weighted by molar-refractivity contribution is 5.78. The second-order valence-corrected chi connectivity index (χ2v) is 5.27. The largest absolute Gasteiger partial charge is 0.353 e. The Hall–Kier alpha value is -0.530. The molecule has 1 aliphatic rings. The van der Waals surface area contributed by atoms with Gasteiger partial charge in [0.2, 0.25) is 5.91 Å². The molecule has 1 N–H and O–H groups in total. The summed E-state index contributed by atoms with van der Waals surface area (Å²) in [7, 11) is 0. The molecule has 1 fully saturated rings. The molecule has 2 nitrogen and oxygen atoms in total. The third kappa shape index (κ3) is 3.02. The summed E-state index contributed by atoms with van der Waals surface area (Å²) in [5, 5.41) is 3.09. The first-order valence-corrected chi connectivity index (χ1v) is 5.21. The van der Waals surface area contributed by atoms with Crippen molar-refractivity contribution in [3.05, 3.63) is 0 Å². The molecule has 2 heteroatoms. The van der Waals surface area contributed by atoms with Crippen LogP contribution in [0.5, 0.6) is 0 Å². The van der Waals surface area contributed by atoms with Crippen LogP contribution >= 0.6 is 0 Å². The van der Waals surface area contributed by atoms with E-state index < -0.39 is 0 Å². The summed E-state index contributed by atoms with van der Waals surface area (Å²) in [5.74, 6) is 0.311. The van der Waals surface area contributed by atoms with Crippen molar-refractivity contribution in [2.24, 2.45) is 11.3 Å². The summed E-state index contributed by atoms with van der Waals surface area (Å²) in [4.78, 5) is 11.4. The Morgan fingerprint density at radius 1 is 1.46 bits per heavy atom. The van der Waals surface area contributed by atoms with Crippen molar-refractivity contribution in [2.75, 3.05) is 0 Å². The maximum atomic E-state index is 11.4. The SMILES string of the molecule is CC(C)C(=O)NC1CCC(C)(C)C1. The van der Waals surface area contributed by atoms with Crippen LogP contribution in [0.1, 0.15) is 47.0 Å². The van der Waals surface area contributed by atoms with Gasteiger partial charge >= 0.3 is 0 Å². The molecule has 0 saturated heterocycles. The normalized spacial score (nSPS) is 26.4. The van der Waals surface area contributed by atoms with Crippen LogP contribution in [0, 0.1) is 11.3 Å². The fourth-order valence-corrected chi connectivity index (χ4v) is 1.93. The number of hydrogen-bond donors (Lipinski definition) is 1. The first-order chi connectivity index (χ1) is 5.91. The van der Waals surface area contributed by atoms with Crippen molar-refractivity contribution in [2.45, 2.75) is 53.0 Å². The molecule has 0 aliphatic heterocycles. The average molecular weight is 183 g/mol. The van der Waals surface area contributed by atoms with Crippen molar-refractivity contribution >= 4 is 5.91 Å². The molecular weight excluding hydrogens is 162 g/mol. The lowest BCUT2D eigenvalue weighted by atomic mass is 9.92. The number of nitrogens with one attached hydrogen (secondary N) is 1. The number of carbonyl (C=O) groups is 1. The molecule has 76 valence electrons. The van der Waals surface area contributed by atoms with Gasteiger partial charge in [-0.2, -0.15) is 0 Å². The van der Waals surface area contributed by atoms with Crippen LogP contribution in [0.25, 0.3) is 0 Å². The molecule has 1 rings (SSSR count). The van der Waals surface area contributed by atoms with Gasteiger partial charge < -0.3 is 5.32 Å². The van der Waals surface area contributed by atoms with Crippen molar-refractivity contribution < 1.29 is 4.79 Å². The molecule has 13 heavy (non-hydrogen) atoms. The predicted octanol–water partition coefficient (Wildman–Crippen LogP) is 2.34. The molecular formula is C11H21NO. The summed E-state index contributed by atoms with van der Waals surface area (Å²) < 4.78 is 0. The predicted molar refractivity (Wildman–Crippen MR) is 54.4 cm³/mol. The molecule has 1 unspecified atom stereocenters. The van der Waals surface area contributed by atoms with Crippen LogP contribution < -0.4 is 5.32 Å². The number of hydrogen-bond acceptors (Lipinski definition) is 1. The second kappa shape index (κ2) is 3.69. The number of amides is 1. The maximum Gasteiger partial charge on any atom is 0.222 e. The lowest BCUT2D eigenvalue weighted by molar-refractivity contribution is -0.124. The molecule has 0 aromatic carbocycles. The fourth-order valence-electron chi connectivity index (χ4n) is 1.93. The monoisotopic (exact) mass is 183 g/mol. The molecule has 1 atom stereocenters. The Bertz CT molecular complexity index is 196. The highest BCUT2D eigenvalue weighted by Crippen LogP contribution is 2.36. The van der Waals surface area contributed by atoms with Crippen molar-refractivity contribution in [1.82, 2.24) is 5.32 Å². The van der Waals surface area contributed by atoms with Gasteiger partial charge in [0.1, 0.15) is 0 Å². The van der Waals surface area contributed by atoms with Gasteiger partial charge in [-0.1, -0.05) is 27.7 Å². The summed E-state index contributed by atoms with van der Waals surface area (Å²) in [6.07, 6.45) is 3.51. The third-order valence-electron chi connectivity index (χ3n) is 2.84. The minimum atomic E-state index is 0.115. The van der Waals surface area contributed by atoms with E-state index in [2.05, 4.69) is 19.2 Å². The Labute approximate surface area is 81.1 Å². The molecule has 1 amide bonds. The van der Waals surface area contributed by atoms with E-state index in [-0.39, 0.29) is 11.8 Å². The van der Waals surface area contributed by atoms with E-state index in [4.69, 9.17) is 0 Å². The van der Waals surface area contributed by atoms with Crippen LogP contribution in [-0.4, -0.2) is 11.9 Å². The van der Waals surface area contributed by atoms with E-state index in [1.807, 2.05) is 13.8 Å². The van der Waals surface area contributed by atoms with Gasteiger partial charge in [-0.3, -0.25) is 4.79 Å². The zero-order valence-electron chi connectivity index (χ0n) is 9.18. The first kappa shape index (κ1) is 10.6. The zero-order chi connectivity index (χ0) is 10.1. The molecule has 0 heterocycles. The van der Waals surface area contributed by atoms with E-state index in [0.29, 0.717) is 11.5 Å². The fraction of sp³-hybridized carbons (Fsp3) is 0.909. The highest BCUT2D eigenvalue weighted by Gasteiger charge is 2.31. The molecule has 0 aromatic rings. The van der Waals surface area contributed by atoms with E-state index >= 15 is 0 Å². The van der Waals surface area contributed by atoms with Gasteiger partial charge in [0.05, 0.1) is 0 Å². The van der Waals surface area contributed by atoms with E-state index in [9.17, 15) is 4.79 Å². The second-order valence-electron chi connectivity index (χ2n) is 5.27. The van der Waals surface area contributed by atoms with Crippen molar-refractivity contribution in [3.63, 3.8) is 0 Å². The third-order valence-corrected chi connectivity index (χ3v) is 2.84. The smallest absolute Gasteiger partial charge is 0.222 e. The van der Waals surface area contributed by atoms with Crippen molar-refractivity contribution in [1.29, 1.82) is 0 Å². The van der Waals surface area contributed by atoms with Crippen LogP contribution in [0.15, 0.2) is 0 Å². The van der Waals surface area contributed by atoms with Gasteiger partial charge in [0, 0.05) is 12.0 Å². The Balaban J connectivity index is 2.37. The van der Waals surface area contributed by atoms with Gasteiger partial charge in [-0.05, 0) is 24.7 Å². The quantitative estimate of drug-likeness (QED) is 0.699. The van der Waals surface area contributed by atoms with E-state index in [1.165, 1.54) is 6.42 Å². The molecule has 0 spiro atoms. The minimum absolute atomic E-state index is 0.115. The molecule has 0 aromatic heterocycles. The Morgan fingerprint density at radius 3 is 2.46 bits per heavy atom. The van der Waals surface area contributed by atoms with Gasteiger partial charge in [-0.25, -0.2) is 0 Å². The standard InChI is InChI=1S/C11H21NO/c1-8(2)10(13)12-9-5-6-11(3,4)7-9/h8-9H,5-7H2,1-4H3,(H,12,13). The summed E-state index contributed by atoms with van der Waals surface area (Å²) in [6.45, 7) is 8.42. The van der Waals surface area contributed by atoms with E-state index in [0.717, 1.165) is 12.8 Å². The topological polar surface area (TPSA) is 29.1 Å². The lowest BCUT2D eigenvalue weighted by Crippen LogP contribution is -2.36. The number of carbonyl (C=O) groups excluding carboxylic acids is 1. The van der Waals surface area contributed by atoms with Gasteiger partial charge in [-0.15, -0.1) is 0 Å². The van der Waals surface area contributed by atoms with Gasteiger partial charge in [0.25, 0.3) is 0 Å². The minimum Gasteiger partial charge on any atom is -0.353 e. The lowest BCUT2D eigenvalue weighted by Gasteiger charge is -2.18. The van der Waals surface area contributed by atoms with Crippen molar-refractivity contribution in [3.8, 4) is 0 Å². The van der Waals surface area contributed by atoms with Crippen LogP contribution in [-0.2, 0) is 4.79 Å². The molecule has 0 bridgehead atoms. The van der Waals surface area contributed by atoms with Crippen LogP contribution in [0.4, 0.5) is 0 Å². The molecule has 0 radical (unpaired) electrons. The zero-order valence-corrected chi connectivity index (χ0v) is 9.18. The maximum absolute atomic E-state index is 11.4. The Morgan fingerprint density at radius 2 is 2.08 bits per heavy atom. The average Bonchev–Trinajstić information content (AvgIpc) is 2.30. The van der Waals surface area contributed by atoms with Crippen LogP contribution in [0.3, 0.4) is 0 Å². The summed E-state index contributed by atoms with van der Waals surface area (Å²) >= 11 is 0. The summed E-state index contributed by atoms with van der Waals surface area (Å²) in [6, 6.07) is 0.421. The highest BCUT2D eigenvalue weighted by atomic mass is 16.1. The van der Waals surface area contributed by atoms with Crippen LogP contribution in [0.2, 0.25) is 0 Å². The Kier molecular flexibility index (Phi) is 2.99. The summed E-state index contributed by atoms with van der Waals surface area (Å²) in [5.41, 5.74) is 0.426. The van der Waals surface area contributed by atoms with Gasteiger partial charge in [0.15, 0.2) is 0 Å². The molecule has 1 aliphatic carbocycles. The van der Waals surface area contributed by atoms with E-state index in [1.54, 1.807) is 0 Å². The number of rotatable bonds is 2. The first-order valence-electron chi connectivity index (χ1n) is 5.21. The molecule has 1 saturated carbocycles.